The zero-order valence-electron chi connectivity index (χ0n) is 16.9. The molecule has 0 saturated carbocycles. The third-order valence-electron chi connectivity index (χ3n) is 4.96. The maximum atomic E-state index is 13.0. The molecule has 3 rings (SSSR count). The van der Waals surface area contributed by atoms with Crippen LogP contribution >= 0.6 is 0 Å². The van der Waals surface area contributed by atoms with Crippen LogP contribution in [0.25, 0.3) is 0 Å². The lowest BCUT2D eigenvalue weighted by Crippen LogP contribution is -2.49. The molecule has 12 heteroatoms. The van der Waals surface area contributed by atoms with E-state index in [0.29, 0.717) is 5.69 Å². The minimum absolute atomic E-state index is 0.0562. The third kappa shape index (κ3) is 4.74. The van der Waals surface area contributed by atoms with Crippen LogP contribution in [-0.4, -0.2) is 68.2 Å². The lowest BCUT2D eigenvalue weighted by molar-refractivity contribution is 0.384. The molecule has 1 aliphatic rings. The SMILES string of the molecule is CS(=O)(=O)c1ccc(N2CCN(S(=O)(=O)c3ccccc3C#N)CC2)c(S(C)(=O)=O)c1. The summed E-state index contributed by atoms with van der Waals surface area (Å²) in [4.78, 5) is 1.41. The van der Waals surface area contributed by atoms with Crippen molar-refractivity contribution in [3.8, 4) is 6.07 Å². The summed E-state index contributed by atoms with van der Waals surface area (Å²) in [5.41, 5.74) is 0.380. The highest BCUT2D eigenvalue weighted by Gasteiger charge is 2.31. The molecule has 1 saturated heterocycles. The summed E-state index contributed by atoms with van der Waals surface area (Å²) in [6.45, 7) is 0.571. The Hall–Kier alpha value is -2.46. The monoisotopic (exact) mass is 483 g/mol. The molecule has 2 aromatic carbocycles. The molecule has 0 radical (unpaired) electrons. The zero-order valence-corrected chi connectivity index (χ0v) is 19.3. The van der Waals surface area contributed by atoms with Gasteiger partial charge in [0.1, 0.15) is 6.07 Å². The van der Waals surface area contributed by atoms with Gasteiger partial charge < -0.3 is 4.90 Å². The predicted octanol–water partition coefficient (Wildman–Crippen LogP) is 0.876. The summed E-state index contributed by atoms with van der Waals surface area (Å²) in [5, 5.41) is 9.22. The molecule has 0 aliphatic carbocycles. The Morgan fingerprint density at radius 2 is 1.42 bits per heavy atom. The van der Waals surface area contributed by atoms with Crippen LogP contribution in [0.3, 0.4) is 0 Å². The van der Waals surface area contributed by atoms with Crippen LogP contribution in [0.2, 0.25) is 0 Å². The van der Waals surface area contributed by atoms with Crippen LogP contribution in [0.5, 0.6) is 0 Å². The average Bonchev–Trinajstić information content (AvgIpc) is 2.72. The van der Waals surface area contributed by atoms with E-state index in [-0.39, 0.29) is 46.4 Å². The van der Waals surface area contributed by atoms with E-state index >= 15 is 0 Å². The molecule has 2 aromatic rings. The van der Waals surface area contributed by atoms with Crippen LogP contribution in [0.4, 0.5) is 5.69 Å². The van der Waals surface area contributed by atoms with Gasteiger partial charge in [0.25, 0.3) is 0 Å². The Bertz CT molecular complexity index is 1370. The molecule has 0 atom stereocenters. The maximum absolute atomic E-state index is 13.0. The number of sulfone groups is 2. The molecule has 1 aliphatic heterocycles. The van der Waals surface area contributed by atoms with Crippen molar-refractivity contribution in [1.82, 2.24) is 4.31 Å². The standard InChI is InChI=1S/C19H21N3O6S3/c1-29(23,24)16-7-8-17(19(13-16)30(2,25)26)21-9-11-22(12-10-21)31(27,28)18-6-4-3-5-15(18)14-20/h3-8,13H,9-12H2,1-2H3. The highest BCUT2D eigenvalue weighted by molar-refractivity contribution is 7.91. The van der Waals surface area contributed by atoms with Crippen molar-refractivity contribution in [3.63, 3.8) is 0 Å². The summed E-state index contributed by atoms with van der Waals surface area (Å²) in [5.74, 6) is 0. The van der Waals surface area contributed by atoms with Gasteiger partial charge in [0.2, 0.25) is 10.0 Å². The lowest BCUT2D eigenvalue weighted by Gasteiger charge is -2.36. The van der Waals surface area contributed by atoms with Gasteiger partial charge in [-0.25, -0.2) is 25.3 Å². The molecule has 0 spiro atoms. The number of anilines is 1. The number of nitriles is 1. The van der Waals surface area contributed by atoms with Gasteiger partial charge in [0.05, 0.1) is 25.9 Å². The smallest absolute Gasteiger partial charge is 0.244 e. The van der Waals surface area contributed by atoms with Crippen molar-refractivity contribution >= 4 is 35.4 Å². The Morgan fingerprint density at radius 1 is 0.806 bits per heavy atom. The molecule has 0 N–H and O–H groups in total. The summed E-state index contributed by atoms with van der Waals surface area (Å²) in [7, 11) is -11.2. The van der Waals surface area contributed by atoms with Crippen molar-refractivity contribution in [2.75, 3.05) is 43.6 Å². The molecule has 0 unspecified atom stereocenters. The van der Waals surface area contributed by atoms with Gasteiger partial charge in [-0.05, 0) is 30.3 Å². The number of benzene rings is 2. The van der Waals surface area contributed by atoms with E-state index in [1.165, 1.54) is 28.6 Å². The third-order valence-corrected chi connectivity index (χ3v) is 9.16. The number of hydrogen-bond acceptors (Lipinski definition) is 8. The summed E-state index contributed by atoms with van der Waals surface area (Å²) >= 11 is 0. The molecule has 166 valence electrons. The van der Waals surface area contributed by atoms with E-state index in [1.54, 1.807) is 17.0 Å². The summed E-state index contributed by atoms with van der Waals surface area (Å²) in [6, 6.07) is 11.7. The van der Waals surface area contributed by atoms with Gasteiger partial charge in [-0.3, -0.25) is 0 Å². The van der Waals surface area contributed by atoms with Crippen LogP contribution in [0, 0.1) is 11.3 Å². The first-order chi connectivity index (χ1) is 14.4. The Balaban J connectivity index is 1.90. The molecule has 0 aromatic heterocycles. The fourth-order valence-electron chi connectivity index (χ4n) is 3.38. The van der Waals surface area contributed by atoms with Crippen LogP contribution in [-0.2, 0) is 29.7 Å². The Kier molecular flexibility index (Phi) is 6.16. The molecule has 1 fully saturated rings. The predicted molar refractivity (Wildman–Crippen MR) is 115 cm³/mol. The highest BCUT2D eigenvalue weighted by atomic mass is 32.2. The molecular formula is C19H21N3O6S3. The molecule has 0 bridgehead atoms. The van der Waals surface area contributed by atoms with E-state index in [2.05, 4.69) is 0 Å². The topological polar surface area (TPSA) is 133 Å². The van der Waals surface area contributed by atoms with Crippen molar-refractivity contribution in [2.24, 2.45) is 0 Å². The van der Waals surface area contributed by atoms with Crippen LogP contribution in [0.1, 0.15) is 5.56 Å². The van der Waals surface area contributed by atoms with E-state index < -0.39 is 29.7 Å². The fourth-order valence-corrected chi connectivity index (χ4v) is 6.58. The van der Waals surface area contributed by atoms with Gasteiger partial charge in [-0.15, -0.1) is 0 Å². The van der Waals surface area contributed by atoms with Gasteiger partial charge >= 0.3 is 0 Å². The fraction of sp³-hybridized carbons (Fsp3) is 0.316. The van der Waals surface area contributed by atoms with Crippen molar-refractivity contribution in [1.29, 1.82) is 5.26 Å². The quantitative estimate of drug-likeness (QED) is 0.612. The second-order valence-electron chi connectivity index (χ2n) is 7.17. The largest absolute Gasteiger partial charge is 0.368 e. The zero-order chi connectivity index (χ0) is 23.0. The van der Waals surface area contributed by atoms with Crippen molar-refractivity contribution in [2.45, 2.75) is 14.7 Å². The van der Waals surface area contributed by atoms with Crippen LogP contribution < -0.4 is 4.90 Å². The van der Waals surface area contributed by atoms with E-state index in [9.17, 15) is 30.5 Å². The Labute approximate surface area is 182 Å². The van der Waals surface area contributed by atoms with Crippen LogP contribution in [0.15, 0.2) is 57.2 Å². The van der Waals surface area contributed by atoms with Gasteiger partial charge in [-0.1, -0.05) is 12.1 Å². The minimum atomic E-state index is -3.89. The van der Waals surface area contributed by atoms with Gasteiger partial charge in [0, 0.05) is 38.7 Å². The highest BCUT2D eigenvalue weighted by Crippen LogP contribution is 2.30. The number of hydrogen-bond donors (Lipinski definition) is 0. The minimum Gasteiger partial charge on any atom is -0.368 e. The first kappa shape index (κ1) is 23.2. The normalized spacial score (nSPS) is 16.1. The average molecular weight is 484 g/mol. The van der Waals surface area contributed by atoms with Gasteiger partial charge in [-0.2, -0.15) is 9.57 Å². The number of piperazine rings is 1. The lowest BCUT2D eigenvalue weighted by atomic mass is 10.2. The summed E-state index contributed by atoms with van der Waals surface area (Å²) in [6.07, 6.45) is 1.99. The second-order valence-corrected chi connectivity index (χ2v) is 13.1. The molecule has 1 heterocycles. The van der Waals surface area contributed by atoms with Crippen molar-refractivity contribution < 1.29 is 25.3 Å². The van der Waals surface area contributed by atoms with E-state index in [0.717, 1.165) is 18.6 Å². The first-order valence-electron chi connectivity index (χ1n) is 9.14. The van der Waals surface area contributed by atoms with E-state index in [4.69, 9.17) is 0 Å². The molecule has 0 amide bonds. The maximum Gasteiger partial charge on any atom is 0.244 e. The van der Waals surface area contributed by atoms with Crippen molar-refractivity contribution in [3.05, 3.63) is 48.0 Å². The second kappa shape index (κ2) is 8.23. The Morgan fingerprint density at radius 3 is 1.97 bits per heavy atom. The molecule has 9 nitrogen and oxygen atoms in total. The summed E-state index contributed by atoms with van der Waals surface area (Å²) < 4.78 is 75.5. The van der Waals surface area contributed by atoms with Gasteiger partial charge in [0.15, 0.2) is 19.7 Å². The molecular weight excluding hydrogens is 462 g/mol. The van der Waals surface area contributed by atoms with E-state index in [1.807, 2.05) is 6.07 Å². The number of sulfonamides is 1. The number of rotatable bonds is 5. The first-order valence-corrected chi connectivity index (χ1v) is 14.4. The number of nitrogens with zero attached hydrogens (tertiary/aromatic N) is 3. The molecule has 31 heavy (non-hydrogen) atoms.